The van der Waals surface area contributed by atoms with Gasteiger partial charge in [-0.25, -0.2) is 0 Å². The number of benzene rings is 2. The van der Waals surface area contributed by atoms with Gasteiger partial charge in [0.15, 0.2) is 5.58 Å². The summed E-state index contributed by atoms with van der Waals surface area (Å²) in [6.07, 6.45) is 3.53. The second-order valence-corrected chi connectivity index (χ2v) is 6.53. The van der Waals surface area contributed by atoms with E-state index < -0.39 is 0 Å². The van der Waals surface area contributed by atoms with E-state index in [-0.39, 0.29) is 0 Å². The molecular weight excluding hydrogens is 284 g/mol. The van der Waals surface area contributed by atoms with Gasteiger partial charge in [-0.1, -0.05) is 47.6 Å². The van der Waals surface area contributed by atoms with Crippen molar-refractivity contribution in [1.82, 2.24) is 10.1 Å². The lowest BCUT2D eigenvalue weighted by atomic mass is 9.91. The zero-order valence-electron chi connectivity index (χ0n) is 13.3. The van der Waals surface area contributed by atoms with Gasteiger partial charge in [0.1, 0.15) is 0 Å². The second kappa shape index (κ2) is 6.55. The van der Waals surface area contributed by atoms with Crippen LogP contribution in [-0.2, 0) is 13.0 Å². The van der Waals surface area contributed by atoms with E-state index in [2.05, 4.69) is 52.5 Å². The van der Waals surface area contributed by atoms with Gasteiger partial charge in [0, 0.05) is 11.9 Å². The van der Waals surface area contributed by atoms with Crippen molar-refractivity contribution in [2.45, 2.75) is 25.8 Å². The standard InChI is InChI=1S/C20H22N2O/c1-2-6-17(7-3-1)15-22-12-10-16(11-13-22)14-19-18-8-4-5-9-20(18)23-21-19/h1-9,16H,10-15H2. The lowest BCUT2D eigenvalue weighted by molar-refractivity contribution is 0.176. The van der Waals surface area contributed by atoms with Crippen molar-refractivity contribution in [1.29, 1.82) is 0 Å². The first-order valence-electron chi connectivity index (χ1n) is 8.48. The zero-order chi connectivity index (χ0) is 15.5. The van der Waals surface area contributed by atoms with Gasteiger partial charge in [0.25, 0.3) is 0 Å². The second-order valence-electron chi connectivity index (χ2n) is 6.53. The largest absolute Gasteiger partial charge is 0.356 e. The van der Waals surface area contributed by atoms with E-state index in [1.807, 2.05) is 12.1 Å². The van der Waals surface area contributed by atoms with Gasteiger partial charge in [-0.2, -0.15) is 0 Å². The van der Waals surface area contributed by atoms with Crippen LogP contribution in [0.15, 0.2) is 59.1 Å². The summed E-state index contributed by atoms with van der Waals surface area (Å²) in [6, 6.07) is 18.9. The van der Waals surface area contributed by atoms with E-state index in [1.165, 1.54) is 36.9 Å². The molecule has 0 aliphatic carbocycles. The van der Waals surface area contributed by atoms with Crippen LogP contribution in [-0.4, -0.2) is 23.1 Å². The van der Waals surface area contributed by atoms with Crippen molar-refractivity contribution in [3.8, 4) is 0 Å². The van der Waals surface area contributed by atoms with Crippen LogP contribution < -0.4 is 0 Å². The quantitative estimate of drug-likeness (QED) is 0.720. The number of hydrogen-bond acceptors (Lipinski definition) is 3. The fourth-order valence-corrected chi connectivity index (χ4v) is 3.55. The molecule has 3 heteroatoms. The fraction of sp³-hybridized carbons (Fsp3) is 0.350. The third-order valence-electron chi connectivity index (χ3n) is 4.89. The van der Waals surface area contributed by atoms with Crippen molar-refractivity contribution >= 4 is 11.0 Å². The first-order valence-corrected chi connectivity index (χ1v) is 8.48. The van der Waals surface area contributed by atoms with Gasteiger partial charge >= 0.3 is 0 Å². The Morgan fingerprint density at radius 1 is 0.957 bits per heavy atom. The summed E-state index contributed by atoms with van der Waals surface area (Å²) in [5, 5.41) is 5.47. The van der Waals surface area contributed by atoms with Crippen LogP contribution in [0.4, 0.5) is 0 Å². The monoisotopic (exact) mass is 306 g/mol. The molecule has 0 spiro atoms. The number of likely N-dealkylation sites (tertiary alicyclic amines) is 1. The molecule has 0 amide bonds. The molecule has 1 aromatic heterocycles. The maximum atomic E-state index is 5.43. The number of fused-ring (bicyclic) bond motifs is 1. The van der Waals surface area contributed by atoms with E-state index in [1.54, 1.807) is 0 Å². The molecule has 0 radical (unpaired) electrons. The first kappa shape index (κ1) is 14.5. The molecule has 2 heterocycles. The fourth-order valence-electron chi connectivity index (χ4n) is 3.55. The molecule has 1 aliphatic heterocycles. The van der Waals surface area contributed by atoms with Gasteiger partial charge < -0.3 is 4.52 Å². The van der Waals surface area contributed by atoms with Gasteiger partial charge in [-0.15, -0.1) is 0 Å². The molecule has 23 heavy (non-hydrogen) atoms. The number of nitrogens with zero attached hydrogens (tertiary/aromatic N) is 2. The van der Waals surface area contributed by atoms with E-state index >= 15 is 0 Å². The van der Waals surface area contributed by atoms with Crippen molar-refractivity contribution in [2.24, 2.45) is 5.92 Å². The highest BCUT2D eigenvalue weighted by Gasteiger charge is 2.21. The number of hydrogen-bond donors (Lipinski definition) is 0. The van der Waals surface area contributed by atoms with Gasteiger partial charge in [0.2, 0.25) is 0 Å². The zero-order valence-corrected chi connectivity index (χ0v) is 13.3. The minimum Gasteiger partial charge on any atom is -0.356 e. The summed E-state index contributed by atoms with van der Waals surface area (Å²) in [5.74, 6) is 0.718. The Bertz CT molecular complexity index is 757. The molecule has 3 nitrogen and oxygen atoms in total. The molecule has 0 bridgehead atoms. The number of rotatable bonds is 4. The van der Waals surface area contributed by atoms with Crippen molar-refractivity contribution in [3.63, 3.8) is 0 Å². The molecule has 3 aromatic rings. The topological polar surface area (TPSA) is 29.3 Å². The van der Waals surface area contributed by atoms with Gasteiger partial charge in [0.05, 0.1) is 5.69 Å². The minimum atomic E-state index is 0.718. The smallest absolute Gasteiger partial charge is 0.167 e. The predicted octanol–water partition coefficient (Wildman–Crippen LogP) is 4.28. The van der Waals surface area contributed by atoms with Crippen LogP contribution in [0.1, 0.15) is 24.1 Å². The average Bonchev–Trinajstić information content (AvgIpc) is 3.01. The first-order chi connectivity index (χ1) is 11.4. The lowest BCUT2D eigenvalue weighted by Gasteiger charge is -2.31. The normalized spacial score (nSPS) is 16.9. The Hall–Kier alpha value is -2.13. The van der Waals surface area contributed by atoms with Crippen molar-refractivity contribution in [3.05, 3.63) is 65.9 Å². The summed E-state index contributed by atoms with van der Waals surface area (Å²) in [7, 11) is 0. The Kier molecular flexibility index (Phi) is 4.12. The third-order valence-corrected chi connectivity index (χ3v) is 4.89. The molecule has 118 valence electrons. The Labute approximate surface area is 136 Å². The molecule has 2 aromatic carbocycles. The molecule has 0 unspecified atom stereocenters. The highest BCUT2D eigenvalue weighted by Crippen LogP contribution is 2.26. The van der Waals surface area contributed by atoms with Gasteiger partial charge in [-0.3, -0.25) is 4.90 Å². The maximum Gasteiger partial charge on any atom is 0.167 e. The molecule has 1 saturated heterocycles. The summed E-state index contributed by atoms with van der Waals surface area (Å²) in [5.41, 5.74) is 3.44. The van der Waals surface area contributed by atoms with Crippen molar-refractivity contribution in [2.75, 3.05) is 13.1 Å². The van der Waals surface area contributed by atoms with Crippen LogP contribution in [0.3, 0.4) is 0 Å². The number of piperidine rings is 1. The minimum absolute atomic E-state index is 0.718. The van der Waals surface area contributed by atoms with E-state index in [9.17, 15) is 0 Å². The predicted molar refractivity (Wildman–Crippen MR) is 92.2 cm³/mol. The van der Waals surface area contributed by atoms with Crippen LogP contribution in [0.25, 0.3) is 11.0 Å². The lowest BCUT2D eigenvalue weighted by Crippen LogP contribution is -2.33. The molecular formula is C20H22N2O. The number of para-hydroxylation sites is 1. The van der Waals surface area contributed by atoms with Crippen LogP contribution in [0.5, 0.6) is 0 Å². The van der Waals surface area contributed by atoms with Crippen LogP contribution in [0.2, 0.25) is 0 Å². The molecule has 0 atom stereocenters. The Morgan fingerprint density at radius 3 is 2.52 bits per heavy atom. The Balaban J connectivity index is 1.35. The highest BCUT2D eigenvalue weighted by molar-refractivity contribution is 5.79. The van der Waals surface area contributed by atoms with Crippen LogP contribution in [0, 0.1) is 5.92 Å². The van der Waals surface area contributed by atoms with E-state index in [4.69, 9.17) is 4.52 Å². The van der Waals surface area contributed by atoms with E-state index in [0.29, 0.717) is 0 Å². The summed E-state index contributed by atoms with van der Waals surface area (Å²) in [6.45, 7) is 3.42. The SMILES string of the molecule is c1ccc(CN2CCC(Cc3noc4ccccc34)CC2)cc1. The summed E-state index contributed by atoms with van der Waals surface area (Å²) < 4.78 is 5.43. The molecule has 0 saturated carbocycles. The maximum absolute atomic E-state index is 5.43. The summed E-state index contributed by atoms with van der Waals surface area (Å²) in [4.78, 5) is 2.56. The van der Waals surface area contributed by atoms with Crippen molar-refractivity contribution < 1.29 is 4.52 Å². The number of aromatic nitrogens is 1. The Morgan fingerprint density at radius 2 is 1.70 bits per heavy atom. The third kappa shape index (κ3) is 3.30. The highest BCUT2D eigenvalue weighted by atomic mass is 16.5. The molecule has 0 N–H and O–H groups in total. The van der Waals surface area contributed by atoms with Gasteiger partial charge in [-0.05, 0) is 56.0 Å². The summed E-state index contributed by atoms with van der Waals surface area (Å²) >= 11 is 0. The average molecular weight is 306 g/mol. The van der Waals surface area contributed by atoms with Crippen LogP contribution >= 0.6 is 0 Å². The molecule has 1 aliphatic rings. The molecule has 4 rings (SSSR count). The molecule has 1 fully saturated rings. The van der Waals surface area contributed by atoms with E-state index in [0.717, 1.165) is 30.2 Å².